The van der Waals surface area contributed by atoms with Gasteiger partial charge in [-0.25, -0.2) is 0 Å². The number of rotatable bonds is 6. The summed E-state index contributed by atoms with van der Waals surface area (Å²) in [6.07, 6.45) is 0. The fourth-order valence-electron chi connectivity index (χ4n) is 2.68. The van der Waals surface area contributed by atoms with Crippen LogP contribution in [0.25, 0.3) is 10.9 Å². The lowest BCUT2D eigenvalue weighted by molar-refractivity contribution is 0.0947. The average molecular weight is 404 g/mol. The lowest BCUT2D eigenvalue weighted by Gasteiger charge is -2.09. The van der Waals surface area contributed by atoms with Crippen molar-refractivity contribution in [3.8, 4) is 5.75 Å². The normalized spacial score (nSPS) is 10.7. The van der Waals surface area contributed by atoms with Crippen LogP contribution in [0.4, 0.5) is 0 Å². The SMILES string of the molecule is CCn1c(=S)[nH]c2cc(C(=O)NCCOc3cccc(Cl)c3)ccc2c1=O. The van der Waals surface area contributed by atoms with Crippen LogP contribution in [0.3, 0.4) is 0 Å². The lowest BCUT2D eigenvalue weighted by atomic mass is 10.1. The first-order valence-electron chi connectivity index (χ1n) is 8.43. The third-order valence-electron chi connectivity index (χ3n) is 4.01. The summed E-state index contributed by atoms with van der Waals surface area (Å²) >= 11 is 11.1. The van der Waals surface area contributed by atoms with Crippen molar-refractivity contribution in [2.24, 2.45) is 0 Å². The van der Waals surface area contributed by atoms with Crippen LogP contribution in [0.15, 0.2) is 47.3 Å². The van der Waals surface area contributed by atoms with Crippen molar-refractivity contribution in [2.45, 2.75) is 13.5 Å². The minimum Gasteiger partial charge on any atom is -0.492 e. The quantitative estimate of drug-likeness (QED) is 0.487. The second kappa shape index (κ2) is 8.37. The van der Waals surface area contributed by atoms with E-state index >= 15 is 0 Å². The molecule has 140 valence electrons. The largest absolute Gasteiger partial charge is 0.492 e. The molecular formula is C19H18ClN3O3S. The smallest absolute Gasteiger partial charge is 0.262 e. The zero-order valence-corrected chi connectivity index (χ0v) is 16.2. The minimum atomic E-state index is -0.259. The van der Waals surface area contributed by atoms with Crippen molar-refractivity contribution >= 4 is 40.6 Å². The summed E-state index contributed by atoms with van der Waals surface area (Å²) in [7, 11) is 0. The number of halogens is 1. The number of hydrogen-bond donors (Lipinski definition) is 2. The maximum absolute atomic E-state index is 12.4. The molecule has 0 saturated heterocycles. The number of benzene rings is 2. The van der Waals surface area contributed by atoms with Crippen molar-refractivity contribution in [3.05, 3.63) is 68.2 Å². The molecule has 3 aromatic rings. The predicted molar refractivity (Wildman–Crippen MR) is 108 cm³/mol. The van der Waals surface area contributed by atoms with Gasteiger partial charge in [0.25, 0.3) is 11.5 Å². The molecule has 27 heavy (non-hydrogen) atoms. The van der Waals surface area contributed by atoms with Gasteiger partial charge in [0.05, 0.1) is 17.4 Å². The molecule has 1 amide bonds. The zero-order valence-electron chi connectivity index (χ0n) is 14.6. The number of H-pyrrole nitrogens is 1. The van der Waals surface area contributed by atoms with E-state index in [1.807, 2.05) is 6.92 Å². The summed E-state index contributed by atoms with van der Waals surface area (Å²) < 4.78 is 7.35. The maximum atomic E-state index is 12.4. The average Bonchev–Trinajstić information content (AvgIpc) is 2.65. The van der Waals surface area contributed by atoms with Crippen LogP contribution in [0.5, 0.6) is 5.75 Å². The van der Waals surface area contributed by atoms with E-state index in [0.29, 0.717) is 51.7 Å². The zero-order chi connectivity index (χ0) is 19.4. The number of carbonyl (C=O) groups excluding carboxylic acids is 1. The molecule has 0 aliphatic carbocycles. The Bertz CT molecular complexity index is 1110. The van der Waals surface area contributed by atoms with E-state index in [2.05, 4.69) is 10.3 Å². The number of aromatic amines is 1. The topological polar surface area (TPSA) is 76.1 Å². The summed E-state index contributed by atoms with van der Waals surface area (Å²) in [6, 6.07) is 11.9. The Morgan fingerprint density at radius 3 is 2.85 bits per heavy atom. The van der Waals surface area contributed by atoms with Gasteiger partial charge in [-0.05, 0) is 55.5 Å². The first kappa shape index (κ1) is 19.1. The first-order chi connectivity index (χ1) is 13.0. The summed E-state index contributed by atoms with van der Waals surface area (Å²) in [5, 5.41) is 3.86. The number of nitrogens with one attached hydrogen (secondary N) is 2. The third kappa shape index (κ3) is 4.37. The summed E-state index contributed by atoms with van der Waals surface area (Å²) in [5.41, 5.74) is 0.806. The highest BCUT2D eigenvalue weighted by molar-refractivity contribution is 7.71. The highest BCUT2D eigenvalue weighted by Crippen LogP contribution is 2.16. The van der Waals surface area contributed by atoms with Gasteiger partial charge in [0.15, 0.2) is 4.77 Å². The Hall–Kier alpha value is -2.64. The van der Waals surface area contributed by atoms with Gasteiger partial charge < -0.3 is 15.0 Å². The molecule has 0 spiro atoms. The molecule has 1 aromatic heterocycles. The molecule has 0 bridgehead atoms. The molecular weight excluding hydrogens is 386 g/mol. The number of amides is 1. The molecule has 0 saturated carbocycles. The van der Waals surface area contributed by atoms with Crippen LogP contribution < -0.4 is 15.6 Å². The molecule has 0 fully saturated rings. The molecule has 0 unspecified atom stereocenters. The molecule has 3 rings (SSSR count). The molecule has 0 atom stereocenters. The van der Waals surface area contributed by atoms with E-state index in [1.165, 1.54) is 4.57 Å². The van der Waals surface area contributed by atoms with Gasteiger partial charge in [-0.1, -0.05) is 17.7 Å². The van der Waals surface area contributed by atoms with Gasteiger partial charge in [0.2, 0.25) is 0 Å². The second-order valence-electron chi connectivity index (χ2n) is 5.80. The summed E-state index contributed by atoms with van der Waals surface area (Å²) in [6.45, 7) is 2.98. The van der Waals surface area contributed by atoms with Crippen LogP contribution in [0.1, 0.15) is 17.3 Å². The van der Waals surface area contributed by atoms with Crippen molar-refractivity contribution in [2.75, 3.05) is 13.2 Å². The van der Waals surface area contributed by atoms with E-state index in [0.717, 1.165) is 0 Å². The van der Waals surface area contributed by atoms with Gasteiger partial charge in [-0.15, -0.1) is 0 Å². The molecule has 0 radical (unpaired) electrons. The van der Waals surface area contributed by atoms with E-state index in [-0.39, 0.29) is 11.5 Å². The van der Waals surface area contributed by atoms with E-state index in [9.17, 15) is 9.59 Å². The Labute approximate surface area is 165 Å². The van der Waals surface area contributed by atoms with E-state index < -0.39 is 0 Å². The molecule has 2 N–H and O–H groups in total. The van der Waals surface area contributed by atoms with Crippen LogP contribution in [0, 0.1) is 4.77 Å². The van der Waals surface area contributed by atoms with E-state index in [1.54, 1.807) is 42.5 Å². The Morgan fingerprint density at radius 2 is 2.11 bits per heavy atom. The van der Waals surface area contributed by atoms with Gasteiger partial charge in [-0.2, -0.15) is 0 Å². The number of nitrogens with zero attached hydrogens (tertiary/aromatic N) is 1. The Kier molecular flexibility index (Phi) is 5.93. The number of aromatic nitrogens is 2. The maximum Gasteiger partial charge on any atom is 0.262 e. The van der Waals surface area contributed by atoms with Crippen molar-refractivity contribution < 1.29 is 9.53 Å². The number of fused-ring (bicyclic) bond motifs is 1. The number of hydrogen-bond acceptors (Lipinski definition) is 4. The van der Waals surface area contributed by atoms with Crippen molar-refractivity contribution in [1.29, 1.82) is 0 Å². The molecule has 1 heterocycles. The van der Waals surface area contributed by atoms with E-state index in [4.69, 9.17) is 28.6 Å². The third-order valence-corrected chi connectivity index (χ3v) is 4.57. The molecule has 2 aromatic carbocycles. The van der Waals surface area contributed by atoms with Crippen LogP contribution >= 0.6 is 23.8 Å². The number of ether oxygens (including phenoxy) is 1. The lowest BCUT2D eigenvalue weighted by Crippen LogP contribution is -2.28. The van der Waals surface area contributed by atoms with Crippen LogP contribution in [-0.2, 0) is 6.54 Å². The van der Waals surface area contributed by atoms with Crippen molar-refractivity contribution in [1.82, 2.24) is 14.9 Å². The highest BCUT2D eigenvalue weighted by atomic mass is 35.5. The highest BCUT2D eigenvalue weighted by Gasteiger charge is 2.09. The fraction of sp³-hybridized carbons (Fsp3) is 0.211. The first-order valence-corrected chi connectivity index (χ1v) is 9.21. The van der Waals surface area contributed by atoms with Gasteiger partial charge in [-0.3, -0.25) is 14.2 Å². The molecule has 8 heteroatoms. The summed E-state index contributed by atoms with van der Waals surface area (Å²) in [4.78, 5) is 27.7. The fourth-order valence-corrected chi connectivity index (χ4v) is 3.18. The molecule has 0 aliphatic rings. The molecule has 0 aliphatic heterocycles. The Morgan fingerprint density at radius 1 is 1.30 bits per heavy atom. The molecule has 6 nitrogen and oxygen atoms in total. The predicted octanol–water partition coefficient (Wildman–Crippen LogP) is 3.54. The van der Waals surface area contributed by atoms with Gasteiger partial charge in [0, 0.05) is 17.1 Å². The van der Waals surface area contributed by atoms with Crippen molar-refractivity contribution in [3.63, 3.8) is 0 Å². The van der Waals surface area contributed by atoms with Gasteiger partial charge in [0.1, 0.15) is 12.4 Å². The Balaban J connectivity index is 1.67. The standard InChI is InChI=1S/C19H18ClN3O3S/c1-2-23-18(25)15-7-6-12(10-16(15)22-19(23)27)17(24)21-8-9-26-14-5-3-4-13(20)11-14/h3-7,10-11H,2,8-9H2,1H3,(H,21,24)(H,22,27). The van der Waals surface area contributed by atoms with Crippen LogP contribution in [0.2, 0.25) is 5.02 Å². The second-order valence-corrected chi connectivity index (χ2v) is 6.62. The monoisotopic (exact) mass is 403 g/mol. The van der Waals surface area contributed by atoms with Crippen LogP contribution in [-0.4, -0.2) is 28.6 Å². The summed E-state index contributed by atoms with van der Waals surface area (Å²) in [5.74, 6) is 0.382. The minimum absolute atomic E-state index is 0.168. The van der Waals surface area contributed by atoms with Gasteiger partial charge >= 0.3 is 0 Å². The number of carbonyl (C=O) groups is 1.